The molecule has 1 aromatic rings. The number of carbonyl (C=O) groups excluding carboxylic acids is 1. The van der Waals surface area contributed by atoms with Crippen LogP contribution < -0.4 is 9.47 Å². The number of hydrogen-bond acceptors (Lipinski definition) is 5. The molecule has 0 fully saturated rings. The summed E-state index contributed by atoms with van der Waals surface area (Å²) in [5.74, 6) is 2.59. The molecule has 140 valence electrons. The molecule has 6 heteroatoms. The molecule has 2 rings (SSSR count). The lowest BCUT2D eigenvalue weighted by Crippen LogP contribution is -2.15. The van der Waals surface area contributed by atoms with Crippen molar-refractivity contribution in [2.45, 2.75) is 50.8 Å². The molecule has 0 bridgehead atoms. The van der Waals surface area contributed by atoms with E-state index in [4.69, 9.17) is 14.2 Å². The highest BCUT2D eigenvalue weighted by atomic mass is 79.9. The fourth-order valence-corrected chi connectivity index (χ4v) is 4.12. The molecule has 0 saturated heterocycles. The maximum atomic E-state index is 12.0. The third-order valence-corrected chi connectivity index (χ3v) is 6.16. The minimum absolute atomic E-state index is 0.115. The van der Waals surface area contributed by atoms with Gasteiger partial charge in [-0.1, -0.05) is 33.1 Å². The van der Waals surface area contributed by atoms with Gasteiger partial charge in [0.15, 0.2) is 11.5 Å². The molecule has 1 atom stereocenters. The molecule has 0 aromatic heterocycles. The molecule has 4 nitrogen and oxygen atoms in total. The third-order valence-electron chi connectivity index (χ3n) is 4.18. The van der Waals surface area contributed by atoms with Crippen LogP contribution in [-0.2, 0) is 9.53 Å². The van der Waals surface area contributed by atoms with Crippen molar-refractivity contribution in [3.05, 3.63) is 16.6 Å². The van der Waals surface area contributed by atoms with Crippen LogP contribution in [0.15, 0.2) is 21.5 Å². The van der Waals surface area contributed by atoms with Crippen molar-refractivity contribution < 1.29 is 19.0 Å². The zero-order chi connectivity index (χ0) is 18.1. The number of ether oxygens (including phenoxy) is 3. The molecule has 1 aliphatic rings. The lowest BCUT2D eigenvalue weighted by atomic mass is 10.0. The summed E-state index contributed by atoms with van der Waals surface area (Å²) >= 11 is 5.17. The number of carbonyl (C=O) groups is 1. The predicted molar refractivity (Wildman–Crippen MR) is 105 cm³/mol. The number of hydrogen-bond donors (Lipinski definition) is 0. The summed E-state index contributed by atoms with van der Waals surface area (Å²) in [6.45, 7) is 6.04. The van der Waals surface area contributed by atoms with Crippen LogP contribution in [-0.4, -0.2) is 31.5 Å². The fourth-order valence-electron chi connectivity index (χ4n) is 2.58. The van der Waals surface area contributed by atoms with E-state index in [-0.39, 0.29) is 5.97 Å². The van der Waals surface area contributed by atoms with Crippen molar-refractivity contribution in [1.82, 2.24) is 0 Å². The van der Waals surface area contributed by atoms with Crippen molar-refractivity contribution in [3.8, 4) is 11.5 Å². The standard InChI is InChI=1S/C19H27BrO4S/c1-3-5-6-14(4-2)13-24-19(21)7-10-25-18-12-17-16(11-15(18)20)22-8-9-23-17/h11-12,14H,3-10,13H2,1-2H3. The molecule has 0 spiro atoms. The highest BCUT2D eigenvalue weighted by Gasteiger charge is 2.16. The van der Waals surface area contributed by atoms with E-state index in [2.05, 4.69) is 29.8 Å². The van der Waals surface area contributed by atoms with Gasteiger partial charge in [-0.2, -0.15) is 0 Å². The summed E-state index contributed by atoms with van der Waals surface area (Å²) in [7, 11) is 0. The van der Waals surface area contributed by atoms with Crippen molar-refractivity contribution in [3.63, 3.8) is 0 Å². The summed E-state index contributed by atoms with van der Waals surface area (Å²) in [4.78, 5) is 13.0. The molecule has 1 unspecified atom stereocenters. The number of benzene rings is 1. The van der Waals surface area contributed by atoms with Crippen molar-refractivity contribution in [2.24, 2.45) is 5.92 Å². The number of thioether (sulfide) groups is 1. The molecular formula is C19H27BrO4S. The number of fused-ring (bicyclic) bond motifs is 1. The van der Waals surface area contributed by atoms with Crippen LogP contribution in [0.4, 0.5) is 0 Å². The Bertz CT molecular complexity index is 565. The Hall–Kier alpha value is -0.880. The maximum absolute atomic E-state index is 12.0. The van der Waals surface area contributed by atoms with E-state index in [1.54, 1.807) is 11.8 Å². The first kappa shape index (κ1) is 20.4. The largest absolute Gasteiger partial charge is 0.486 e. The molecule has 0 N–H and O–H groups in total. The lowest BCUT2D eigenvalue weighted by molar-refractivity contribution is -0.144. The van der Waals surface area contributed by atoms with E-state index in [0.717, 1.165) is 33.7 Å². The Morgan fingerprint density at radius 3 is 2.68 bits per heavy atom. The summed E-state index contributed by atoms with van der Waals surface area (Å²) in [6.07, 6.45) is 5.00. The number of rotatable bonds is 10. The first-order valence-electron chi connectivity index (χ1n) is 9.01. The van der Waals surface area contributed by atoms with E-state index in [1.165, 1.54) is 12.8 Å². The summed E-state index contributed by atoms with van der Waals surface area (Å²) in [5.41, 5.74) is 0. The molecule has 0 radical (unpaired) electrons. The van der Waals surface area contributed by atoms with E-state index in [9.17, 15) is 4.79 Å². The van der Waals surface area contributed by atoms with Crippen molar-refractivity contribution in [1.29, 1.82) is 0 Å². The Morgan fingerprint density at radius 2 is 2.00 bits per heavy atom. The second-order valence-electron chi connectivity index (χ2n) is 6.12. The van der Waals surface area contributed by atoms with Crippen LogP contribution in [0.2, 0.25) is 0 Å². The third kappa shape index (κ3) is 6.74. The SMILES string of the molecule is CCCCC(CC)COC(=O)CCSc1cc2c(cc1Br)OCCO2. The van der Waals surface area contributed by atoms with Gasteiger partial charge in [-0.05, 0) is 40.4 Å². The lowest BCUT2D eigenvalue weighted by Gasteiger charge is -2.19. The minimum atomic E-state index is -0.115. The molecule has 0 amide bonds. The summed E-state index contributed by atoms with van der Waals surface area (Å²) in [5, 5.41) is 0. The van der Waals surface area contributed by atoms with Gasteiger partial charge in [-0.15, -0.1) is 11.8 Å². The van der Waals surface area contributed by atoms with Gasteiger partial charge in [-0.3, -0.25) is 4.79 Å². The first-order chi connectivity index (χ1) is 12.1. The topological polar surface area (TPSA) is 44.8 Å². The molecule has 25 heavy (non-hydrogen) atoms. The summed E-state index contributed by atoms with van der Waals surface area (Å²) < 4.78 is 17.6. The molecule has 1 heterocycles. The second kappa shape index (κ2) is 11.0. The normalized spacial score (nSPS) is 14.2. The Kier molecular flexibility index (Phi) is 8.96. The van der Waals surface area contributed by atoms with Crippen molar-refractivity contribution >= 4 is 33.7 Å². The van der Waals surface area contributed by atoms with Gasteiger partial charge in [0.2, 0.25) is 0 Å². The minimum Gasteiger partial charge on any atom is -0.486 e. The van der Waals surface area contributed by atoms with Crippen LogP contribution in [0.1, 0.15) is 46.0 Å². The smallest absolute Gasteiger partial charge is 0.306 e. The highest BCUT2D eigenvalue weighted by molar-refractivity contribution is 9.10. The highest BCUT2D eigenvalue weighted by Crippen LogP contribution is 2.39. The maximum Gasteiger partial charge on any atom is 0.306 e. The average Bonchev–Trinajstić information content (AvgIpc) is 2.62. The predicted octanol–water partition coefficient (Wildman–Crippen LogP) is 5.46. The molecule has 0 aliphatic carbocycles. The van der Waals surface area contributed by atoms with Gasteiger partial charge >= 0.3 is 5.97 Å². The summed E-state index contributed by atoms with van der Waals surface area (Å²) in [6, 6.07) is 3.89. The zero-order valence-electron chi connectivity index (χ0n) is 15.0. The van der Waals surface area contributed by atoms with Gasteiger partial charge in [0.1, 0.15) is 13.2 Å². The Balaban J connectivity index is 1.74. The monoisotopic (exact) mass is 430 g/mol. The number of unbranched alkanes of at least 4 members (excludes halogenated alkanes) is 1. The first-order valence-corrected chi connectivity index (χ1v) is 10.8. The molecular weight excluding hydrogens is 404 g/mol. The Morgan fingerprint density at radius 1 is 1.28 bits per heavy atom. The quantitative estimate of drug-likeness (QED) is 0.364. The zero-order valence-corrected chi connectivity index (χ0v) is 17.4. The number of esters is 1. The molecule has 1 aliphatic heterocycles. The molecule has 1 aromatic carbocycles. The van der Waals surface area contributed by atoms with Gasteiger partial charge < -0.3 is 14.2 Å². The van der Waals surface area contributed by atoms with Crippen LogP contribution in [0.25, 0.3) is 0 Å². The van der Waals surface area contributed by atoms with Gasteiger partial charge in [0, 0.05) is 15.1 Å². The van der Waals surface area contributed by atoms with E-state index >= 15 is 0 Å². The van der Waals surface area contributed by atoms with Crippen LogP contribution in [0, 0.1) is 5.92 Å². The van der Waals surface area contributed by atoms with Gasteiger partial charge in [0.05, 0.1) is 13.0 Å². The van der Waals surface area contributed by atoms with E-state index < -0.39 is 0 Å². The average molecular weight is 431 g/mol. The Labute approximate surface area is 163 Å². The number of halogens is 1. The van der Waals surface area contributed by atoms with E-state index in [1.807, 2.05) is 12.1 Å². The van der Waals surface area contributed by atoms with E-state index in [0.29, 0.717) is 37.9 Å². The molecule has 0 saturated carbocycles. The van der Waals surface area contributed by atoms with Gasteiger partial charge in [-0.25, -0.2) is 0 Å². The second-order valence-corrected chi connectivity index (χ2v) is 8.12. The van der Waals surface area contributed by atoms with Gasteiger partial charge in [0.25, 0.3) is 0 Å². The van der Waals surface area contributed by atoms with Crippen molar-refractivity contribution in [2.75, 3.05) is 25.6 Å². The van der Waals surface area contributed by atoms with Crippen LogP contribution in [0.5, 0.6) is 11.5 Å². The van der Waals surface area contributed by atoms with Crippen LogP contribution in [0.3, 0.4) is 0 Å². The fraction of sp³-hybridized carbons (Fsp3) is 0.632. The van der Waals surface area contributed by atoms with Crippen LogP contribution >= 0.6 is 27.7 Å².